The highest BCUT2D eigenvalue weighted by Crippen LogP contribution is 2.23. The lowest BCUT2D eigenvalue weighted by molar-refractivity contribution is 0.0695. The molecule has 1 aromatic rings. The van der Waals surface area contributed by atoms with Gasteiger partial charge in [-0.3, -0.25) is 4.79 Å². The number of rotatable bonds is 1. The number of nitriles is 1. The average molecular weight is 244 g/mol. The Hall–Kier alpha value is -2.02. The van der Waals surface area contributed by atoms with Crippen LogP contribution in [-0.2, 0) is 0 Å². The van der Waals surface area contributed by atoms with E-state index in [-0.39, 0.29) is 17.6 Å². The van der Waals surface area contributed by atoms with Crippen molar-refractivity contribution >= 4 is 5.91 Å². The minimum absolute atomic E-state index is 0.00433. The predicted octanol–water partition coefficient (Wildman–Crippen LogP) is 2.08. The Morgan fingerprint density at radius 2 is 2.33 bits per heavy atom. The fourth-order valence-electron chi connectivity index (χ4n) is 2.26. The fourth-order valence-corrected chi connectivity index (χ4v) is 2.26. The molecule has 1 aromatic carbocycles. The molecule has 0 saturated carbocycles. The Labute approximate surface area is 106 Å². The summed E-state index contributed by atoms with van der Waals surface area (Å²) in [5.74, 6) is -0.268. The minimum Gasteiger partial charge on any atom is -0.507 e. The molecular formula is C14H16N2O2. The van der Waals surface area contributed by atoms with Crippen molar-refractivity contribution in [3.63, 3.8) is 0 Å². The van der Waals surface area contributed by atoms with E-state index in [0.717, 1.165) is 18.4 Å². The van der Waals surface area contributed by atoms with Gasteiger partial charge in [-0.25, -0.2) is 0 Å². The highest BCUT2D eigenvalue weighted by atomic mass is 16.3. The Morgan fingerprint density at radius 1 is 1.56 bits per heavy atom. The molecule has 94 valence electrons. The van der Waals surface area contributed by atoms with Crippen LogP contribution in [0.1, 0.15) is 28.8 Å². The number of piperidine rings is 1. The molecule has 1 atom stereocenters. The van der Waals surface area contributed by atoms with Gasteiger partial charge in [0.05, 0.1) is 17.6 Å². The monoisotopic (exact) mass is 244 g/mol. The molecule has 0 aromatic heterocycles. The SMILES string of the molecule is Cc1ccc(O)c(C(=O)N2CCCC(C#N)C2)c1. The molecule has 0 aliphatic carbocycles. The summed E-state index contributed by atoms with van der Waals surface area (Å²) in [4.78, 5) is 13.9. The number of likely N-dealkylation sites (tertiary alicyclic amines) is 1. The van der Waals surface area contributed by atoms with Crippen molar-refractivity contribution in [2.45, 2.75) is 19.8 Å². The molecule has 1 fully saturated rings. The van der Waals surface area contributed by atoms with E-state index in [1.807, 2.05) is 6.92 Å². The van der Waals surface area contributed by atoms with E-state index in [1.54, 1.807) is 17.0 Å². The van der Waals surface area contributed by atoms with Crippen LogP contribution in [0.3, 0.4) is 0 Å². The summed E-state index contributed by atoms with van der Waals surface area (Å²) in [5.41, 5.74) is 1.26. The summed E-state index contributed by atoms with van der Waals surface area (Å²) < 4.78 is 0. The topological polar surface area (TPSA) is 64.3 Å². The quantitative estimate of drug-likeness (QED) is 0.822. The van der Waals surface area contributed by atoms with E-state index >= 15 is 0 Å². The zero-order valence-corrected chi connectivity index (χ0v) is 10.4. The molecule has 2 rings (SSSR count). The first-order chi connectivity index (χ1) is 8.61. The molecule has 4 nitrogen and oxygen atoms in total. The molecule has 1 saturated heterocycles. The maximum Gasteiger partial charge on any atom is 0.257 e. The summed E-state index contributed by atoms with van der Waals surface area (Å²) in [6.07, 6.45) is 1.69. The molecule has 0 spiro atoms. The van der Waals surface area contributed by atoms with Gasteiger partial charge in [0, 0.05) is 13.1 Å². The van der Waals surface area contributed by atoms with Gasteiger partial charge in [-0.2, -0.15) is 5.26 Å². The van der Waals surface area contributed by atoms with Gasteiger partial charge in [-0.1, -0.05) is 11.6 Å². The number of hydrogen-bond donors (Lipinski definition) is 1. The predicted molar refractivity (Wildman–Crippen MR) is 67.1 cm³/mol. The van der Waals surface area contributed by atoms with Crippen LogP contribution in [0.5, 0.6) is 5.75 Å². The number of carbonyl (C=O) groups excluding carboxylic acids is 1. The van der Waals surface area contributed by atoms with Crippen molar-refractivity contribution < 1.29 is 9.90 Å². The van der Waals surface area contributed by atoms with Gasteiger partial charge in [-0.15, -0.1) is 0 Å². The lowest BCUT2D eigenvalue weighted by Crippen LogP contribution is -2.39. The summed E-state index contributed by atoms with van der Waals surface area (Å²) in [5, 5.41) is 18.7. The number of carbonyl (C=O) groups is 1. The number of aryl methyl sites for hydroxylation is 1. The second kappa shape index (κ2) is 5.09. The zero-order chi connectivity index (χ0) is 13.1. The number of phenolic OH excluding ortho intramolecular Hbond substituents is 1. The van der Waals surface area contributed by atoms with Gasteiger partial charge in [0.25, 0.3) is 5.91 Å². The smallest absolute Gasteiger partial charge is 0.257 e. The highest BCUT2D eigenvalue weighted by molar-refractivity contribution is 5.97. The molecule has 1 heterocycles. The van der Waals surface area contributed by atoms with E-state index in [2.05, 4.69) is 6.07 Å². The van der Waals surface area contributed by atoms with Gasteiger partial charge in [0.1, 0.15) is 5.75 Å². The van der Waals surface area contributed by atoms with Crippen LogP contribution in [-0.4, -0.2) is 29.0 Å². The Balaban J connectivity index is 2.21. The number of hydrogen-bond acceptors (Lipinski definition) is 3. The van der Waals surface area contributed by atoms with Gasteiger partial charge >= 0.3 is 0 Å². The second-order valence-corrected chi connectivity index (χ2v) is 4.74. The number of aromatic hydroxyl groups is 1. The van der Waals surface area contributed by atoms with Crippen LogP contribution in [0.15, 0.2) is 18.2 Å². The first-order valence-electron chi connectivity index (χ1n) is 6.10. The van der Waals surface area contributed by atoms with Crippen molar-refractivity contribution in [3.8, 4) is 11.8 Å². The molecule has 18 heavy (non-hydrogen) atoms. The fraction of sp³-hybridized carbons (Fsp3) is 0.429. The van der Waals surface area contributed by atoms with Crippen LogP contribution in [0, 0.1) is 24.2 Å². The molecule has 1 unspecified atom stereocenters. The first kappa shape index (κ1) is 12.4. The third kappa shape index (κ3) is 2.45. The van der Waals surface area contributed by atoms with Gasteiger partial charge in [-0.05, 0) is 31.9 Å². The zero-order valence-electron chi connectivity index (χ0n) is 10.4. The van der Waals surface area contributed by atoms with Crippen LogP contribution >= 0.6 is 0 Å². The normalized spacial score (nSPS) is 19.3. The molecule has 1 amide bonds. The van der Waals surface area contributed by atoms with E-state index in [9.17, 15) is 9.90 Å². The summed E-state index contributed by atoms with van der Waals surface area (Å²) in [6, 6.07) is 7.20. The number of amides is 1. The number of nitrogens with zero attached hydrogens (tertiary/aromatic N) is 2. The molecule has 1 aliphatic heterocycles. The summed E-state index contributed by atoms with van der Waals surface area (Å²) >= 11 is 0. The number of phenols is 1. The van der Waals surface area contributed by atoms with E-state index in [0.29, 0.717) is 18.7 Å². The summed E-state index contributed by atoms with van der Waals surface area (Å²) in [6.45, 7) is 3.00. The molecule has 4 heteroatoms. The van der Waals surface area contributed by atoms with Crippen LogP contribution in [0.2, 0.25) is 0 Å². The van der Waals surface area contributed by atoms with Crippen LogP contribution in [0.4, 0.5) is 0 Å². The summed E-state index contributed by atoms with van der Waals surface area (Å²) in [7, 11) is 0. The van der Waals surface area contributed by atoms with E-state index in [4.69, 9.17) is 5.26 Å². The molecule has 0 radical (unpaired) electrons. The standard InChI is InChI=1S/C14H16N2O2/c1-10-4-5-13(17)12(7-10)14(18)16-6-2-3-11(8-15)9-16/h4-5,7,11,17H,2-3,6,9H2,1H3. The third-order valence-electron chi connectivity index (χ3n) is 3.27. The molecule has 1 N–H and O–H groups in total. The third-order valence-corrected chi connectivity index (χ3v) is 3.27. The van der Waals surface area contributed by atoms with Crippen molar-refractivity contribution in [1.82, 2.24) is 4.90 Å². The van der Waals surface area contributed by atoms with Crippen molar-refractivity contribution in [2.24, 2.45) is 5.92 Å². The Bertz CT molecular complexity index is 505. The van der Waals surface area contributed by atoms with Crippen LogP contribution < -0.4 is 0 Å². The maximum absolute atomic E-state index is 12.3. The second-order valence-electron chi connectivity index (χ2n) is 4.74. The first-order valence-corrected chi connectivity index (χ1v) is 6.10. The Kier molecular flexibility index (Phi) is 3.52. The van der Waals surface area contributed by atoms with Gasteiger partial charge in [0.2, 0.25) is 0 Å². The highest BCUT2D eigenvalue weighted by Gasteiger charge is 2.25. The van der Waals surface area contributed by atoms with Crippen molar-refractivity contribution in [3.05, 3.63) is 29.3 Å². The lowest BCUT2D eigenvalue weighted by Gasteiger charge is -2.29. The van der Waals surface area contributed by atoms with Crippen molar-refractivity contribution in [2.75, 3.05) is 13.1 Å². The van der Waals surface area contributed by atoms with Crippen LogP contribution in [0.25, 0.3) is 0 Å². The van der Waals surface area contributed by atoms with Crippen molar-refractivity contribution in [1.29, 1.82) is 5.26 Å². The molecule has 0 bridgehead atoms. The number of benzene rings is 1. The van der Waals surface area contributed by atoms with E-state index < -0.39 is 0 Å². The van der Waals surface area contributed by atoms with Gasteiger partial charge < -0.3 is 10.0 Å². The molecule has 1 aliphatic rings. The molecular weight excluding hydrogens is 228 g/mol. The van der Waals surface area contributed by atoms with Gasteiger partial charge in [0.15, 0.2) is 0 Å². The average Bonchev–Trinajstić information content (AvgIpc) is 2.41. The van der Waals surface area contributed by atoms with E-state index in [1.165, 1.54) is 6.07 Å². The minimum atomic E-state index is -0.184. The Morgan fingerprint density at radius 3 is 3.06 bits per heavy atom. The maximum atomic E-state index is 12.3. The lowest BCUT2D eigenvalue weighted by atomic mass is 9.98. The largest absolute Gasteiger partial charge is 0.507 e.